The molecule has 8 heteroatoms. The van der Waals surface area contributed by atoms with Crippen molar-refractivity contribution in [2.75, 3.05) is 25.0 Å². The normalized spacial score (nSPS) is 22.9. The van der Waals surface area contributed by atoms with E-state index in [0.29, 0.717) is 18.7 Å². The zero-order chi connectivity index (χ0) is 23.1. The summed E-state index contributed by atoms with van der Waals surface area (Å²) in [6, 6.07) is 6.89. The van der Waals surface area contributed by atoms with Crippen molar-refractivity contribution in [3.05, 3.63) is 29.8 Å². The monoisotopic (exact) mass is 445 g/mol. The quantitative estimate of drug-likeness (QED) is 0.395. The molecule has 2 fully saturated rings. The van der Waals surface area contributed by atoms with Crippen LogP contribution in [0.15, 0.2) is 24.3 Å². The lowest BCUT2D eigenvalue weighted by atomic mass is 9.82. The molecule has 0 radical (unpaired) electrons. The predicted molar refractivity (Wildman–Crippen MR) is 124 cm³/mol. The van der Waals surface area contributed by atoms with Crippen LogP contribution in [0.2, 0.25) is 18.1 Å². The number of carbonyl (C=O) groups is 3. The van der Waals surface area contributed by atoms with Crippen LogP contribution < -0.4 is 10.2 Å². The Morgan fingerprint density at radius 3 is 2.29 bits per heavy atom. The second-order valence-corrected chi connectivity index (χ2v) is 15.0. The van der Waals surface area contributed by atoms with E-state index < -0.39 is 8.32 Å². The first-order chi connectivity index (χ1) is 14.3. The number of carbonyl (C=O) groups excluding carboxylic acids is 3. The molecular formula is C23H35N3O4Si. The maximum atomic E-state index is 12.8. The Morgan fingerprint density at radius 1 is 1.19 bits per heavy atom. The third kappa shape index (κ3) is 4.69. The molecule has 0 aliphatic carbocycles. The molecule has 0 spiro atoms. The summed E-state index contributed by atoms with van der Waals surface area (Å²) in [7, 11) is -0.230. The van der Waals surface area contributed by atoms with Crippen molar-refractivity contribution in [2.45, 2.75) is 64.4 Å². The molecule has 2 saturated heterocycles. The van der Waals surface area contributed by atoms with Crippen LogP contribution in [0.5, 0.6) is 0 Å². The smallest absolute Gasteiger partial charge is 0.324 e. The van der Waals surface area contributed by atoms with Crippen LogP contribution in [0.25, 0.3) is 0 Å². The predicted octanol–water partition coefficient (Wildman–Crippen LogP) is 3.66. The van der Waals surface area contributed by atoms with Gasteiger partial charge in [-0.3, -0.25) is 14.5 Å². The van der Waals surface area contributed by atoms with Crippen LogP contribution in [0.4, 0.5) is 10.5 Å². The summed E-state index contributed by atoms with van der Waals surface area (Å²) in [6.07, 6.45) is 0.0137. The Balaban J connectivity index is 1.62. The number of urea groups is 1. The van der Waals surface area contributed by atoms with Gasteiger partial charge in [0.05, 0.1) is 18.1 Å². The molecule has 2 heterocycles. The molecule has 0 unspecified atom stereocenters. The second-order valence-electron chi connectivity index (χ2n) is 10.3. The number of nitrogens with one attached hydrogen (secondary N) is 1. The number of ketones is 1. The van der Waals surface area contributed by atoms with Crippen molar-refractivity contribution in [2.24, 2.45) is 5.92 Å². The number of β-lactam (4-membered cyclic amide) rings is 1. The van der Waals surface area contributed by atoms with Crippen LogP contribution in [0.3, 0.4) is 0 Å². The molecule has 2 aliphatic rings. The first kappa shape index (κ1) is 23.5. The Kier molecular flexibility index (Phi) is 6.35. The molecule has 3 amide bonds. The highest BCUT2D eigenvalue weighted by molar-refractivity contribution is 6.74. The lowest BCUT2D eigenvalue weighted by Crippen LogP contribution is -2.64. The zero-order valence-corrected chi connectivity index (χ0v) is 20.7. The van der Waals surface area contributed by atoms with Gasteiger partial charge in [0, 0.05) is 37.8 Å². The van der Waals surface area contributed by atoms with E-state index in [1.54, 1.807) is 29.0 Å². The molecule has 3 rings (SSSR count). The van der Waals surface area contributed by atoms with Crippen LogP contribution in [0, 0.1) is 5.92 Å². The van der Waals surface area contributed by atoms with Crippen LogP contribution in [0.1, 0.15) is 44.5 Å². The number of rotatable bonds is 7. The van der Waals surface area contributed by atoms with Crippen molar-refractivity contribution in [3.63, 3.8) is 0 Å². The van der Waals surface area contributed by atoms with Crippen molar-refractivity contribution >= 4 is 31.7 Å². The Morgan fingerprint density at radius 2 is 1.81 bits per heavy atom. The highest BCUT2D eigenvalue weighted by atomic mass is 28.4. The molecule has 0 bridgehead atoms. The Bertz CT molecular complexity index is 863. The van der Waals surface area contributed by atoms with E-state index in [1.165, 1.54) is 0 Å². The molecular weight excluding hydrogens is 410 g/mol. The third-order valence-corrected chi connectivity index (χ3v) is 11.6. The van der Waals surface area contributed by atoms with E-state index in [4.69, 9.17) is 4.43 Å². The van der Waals surface area contributed by atoms with Gasteiger partial charge in [0.1, 0.15) is 0 Å². The number of hydrogen-bond acceptors (Lipinski definition) is 4. The Labute approximate surface area is 186 Å². The zero-order valence-electron chi connectivity index (χ0n) is 19.7. The van der Waals surface area contributed by atoms with Gasteiger partial charge in [0.25, 0.3) is 0 Å². The van der Waals surface area contributed by atoms with E-state index in [9.17, 15) is 14.4 Å². The maximum absolute atomic E-state index is 12.8. The van der Waals surface area contributed by atoms with Gasteiger partial charge in [0.15, 0.2) is 14.1 Å². The topological polar surface area (TPSA) is 79.0 Å². The molecule has 2 aliphatic heterocycles. The molecule has 0 saturated carbocycles. The Hall–Kier alpha value is -2.19. The number of benzene rings is 1. The minimum atomic E-state index is -2.01. The number of anilines is 1. The van der Waals surface area contributed by atoms with Gasteiger partial charge in [-0.15, -0.1) is 0 Å². The van der Waals surface area contributed by atoms with Gasteiger partial charge in [-0.2, -0.15) is 0 Å². The average molecular weight is 446 g/mol. The van der Waals surface area contributed by atoms with E-state index in [-0.39, 0.29) is 47.2 Å². The first-order valence-electron chi connectivity index (χ1n) is 11.0. The summed E-state index contributed by atoms with van der Waals surface area (Å²) in [6.45, 7) is 14.1. The van der Waals surface area contributed by atoms with Crippen molar-refractivity contribution < 1.29 is 18.8 Å². The van der Waals surface area contributed by atoms with Crippen molar-refractivity contribution in [3.8, 4) is 0 Å². The first-order valence-corrected chi connectivity index (χ1v) is 13.9. The summed E-state index contributed by atoms with van der Waals surface area (Å²) in [5.41, 5.74) is 1.37. The van der Waals surface area contributed by atoms with Gasteiger partial charge in [-0.05, 0) is 49.3 Å². The second kappa shape index (κ2) is 8.39. The molecule has 0 aromatic heterocycles. The highest BCUT2D eigenvalue weighted by Crippen LogP contribution is 2.39. The summed E-state index contributed by atoms with van der Waals surface area (Å²) in [4.78, 5) is 40.6. The summed E-state index contributed by atoms with van der Waals surface area (Å²) in [5, 5.41) is 2.94. The molecule has 1 aromatic carbocycles. The molecule has 3 atom stereocenters. The van der Waals surface area contributed by atoms with Gasteiger partial charge in [-0.25, -0.2) is 4.79 Å². The average Bonchev–Trinajstić information content (AvgIpc) is 2.98. The van der Waals surface area contributed by atoms with Crippen LogP contribution in [-0.4, -0.2) is 63.2 Å². The van der Waals surface area contributed by atoms with Gasteiger partial charge in [-0.1, -0.05) is 20.8 Å². The highest BCUT2D eigenvalue weighted by Gasteiger charge is 2.47. The molecule has 170 valence electrons. The molecule has 1 N–H and O–H groups in total. The number of Topliss-reactive ketones (excluding diaryl/α,β-unsaturated/α-hetero) is 1. The van der Waals surface area contributed by atoms with Gasteiger partial charge < -0.3 is 14.6 Å². The van der Waals surface area contributed by atoms with Crippen LogP contribution >= 0.6 is 0 Å². The number of likely N-dealkylation sites (N-methyl/N-ethyl adjacent to an activating group) is 1. The minimum absolute atomic E-state index is 0.0223. The fourth-order valence-electron chi connectivity index (χ4n) is 3.92. The van der Waals surface area contributed by atoms with Crippen LogP contribution in [-0.2, 0) is 9.22 Å². The fraction of sp³-hybridized carbons (Fsp3) is 0.609. The van der Waals surface area contributed by atoms with Crippen molar-refractivity contribution in [1.82, 2.24) is 10.2 Å². The number of hydrogen-bond donors (Lipinski definition) is 1. The third-order valence-electron chi connectivity index (χ3n) is 6.98. The fourth-order valence-corrected chi connectivity index (χ4v) is 5.35. The van der Waals surface area contributed by atoms with Gasteiger partial charge >= 0.3 is 6.03 Å². The SMILES string of the molecule is C[C@H](O[Si](C)(C)C(C)(C)C)[C@H]1C(=O)N[C@@H]1CC(=O)c1ccc(N2CCN(C)C2=O)cc1. The summed E-state index contributed by atoms with van der Waals surface area (Å²) >= 11 is 0. The summed E-state index contributed by atoms with van der Waals surface area (Å²) in [5.74, 6) is -0.378. The van der Waals surface area contributed by atoms with E-state index in [2.05, 4.69) is 39.2 Å². The lowest BCUT2D eigenvalue weighted by Gasteiger charge is -2.45. The standard InChI is InChI=1S/C23H35N3O4Si/c1-15(30-31(6,7)23(2,3)4)20-18(24-21(20)28)14-19(27)16-8-10-17(11-9-16)26-13-12-25(5)22(26)29/h8-11,15,18,20H,12-14H2,1-7H3,(H,24,28)/t15-,18+,20+/m0/s1. The molecule has 31 heavy (non-hydrogen) atoms. The largest absolute Gasteiger partial charge is 0.413 e. The van der Waals surface area contributed by atoms with E-state index in [1.807, 2.05) is 19.1 Å². The maximum Gasteiger partial charge on any atom is 0.324 e. The van der Waals surface area contributed by atoms with Crippen molar-refractivity contribution in [1.29, 1.82) is 0 Å². The minimum Gasteiger partial charge on any atom is -0.413 e. The molecule has 1 aromatic rings. The van der Waals surface area contributed by atoms with E-state index >= 15 is 0 Å². The molecule has 7 nitrogen and oxygen atoms in total. The lowest BCUT2D eigenvalue weighted by molar-refractivity contribution is -0.139. The number of amides is 3. The number of nitrogens with zero attached hydrogens (tertiary/aromatic N) is 2. The van der Waals surface area contributed by atoms with Gasteiger partial charge in [0.2, 0.25) is 5.91 Å². The van der Waals surface area contributed by atoms with E-state index in [0.717, 1.165) is 5.69 Å². The summed E-state index contributed by atoms with van der Waals surface area (Å²) < 4.78 is 6.41.